The number of nitrogens with two attached hydrogens (primary N) is 1. The first kappa shape index (κ1) is 23.4. The molecule has 0 radical (unpaired) electrons. The predicted molar refractivity (Wildman–Crippen MR) is 129 cm³/mol. The average molecular weight is 571 g/mol. The van der Waals surface area contributed by atoms with Crippen molar-refractivity contribution >= 4 is 66.5 Å². The summed E-state index contributed by atoms with van der Waals surface area (Å²) in [6.45, 7) is 5.59. The number of rotatable bonds is 5. The van der Waals surface area contributed by atoms with Crippen LogP contribution in [-0.2, 0) is 10.2 Å². The van der Waals surface area contributed by atoms with Crippen molar-refractivity contribution in [2.24, 2.45) is 10.8 Å². The highest BCUT2D eigenvalue weighted by Crippen LogP contribution is 2.34. The van der Waals surface area contributed by atoms with Gasteiger partial charge in [-0.25, -0.2) is 4.98 Å². The average Bonchev–Trinajstić information content (AvgIpc) is 2.66. The van der Waals surface area contributed by atoms with E-state index < -0.39 is 11.3 Å². The molecule has 0 aliphatic rings. The molecule has 1 heterocycles. The predicted octanol–water partition coefficient (Wildman–Crippen LogP) is 4.62. The largest absolute Gasteiger partial charge is 0.481 e. The maximum atomic E-state index is 13.2. The molecule has 31 heavy (non-hydrogen) atoms. The SMILES string of the molecule is CC(C)(C)c1nc2ccc(Br)cc2c(=O)n1N=Cc1cc(Cl)c(OCC(N)=O)c(Br)c1. The van der Waals surface area contributed by atoms with Gasteiger partial charge in [0.15, 0.2) is 12.4 Å². The lowest BCUT2D eigenvalue weighted by Gasteiger charge is -2.20. The minimum absolute atomic E-state index is 0.265. The zero-order valence-corrected chi connectivity index (χ0v) is 20.9. The van der Waals surface area contributed by atoms with Gasteiger partial charge in [0.25, 0.3) is 11.5 Å². The standard InChI is InChI=1S/C21H19Br2ClN4O3/c1-21(2,3)20-27-16-5-4-12(22)8-13(16)19(30)28(20)26-9-11-6-14(23)18(15(24)7-11)31-10-17(25)29/h4-9H,10H2,1-3H3,(H2,25,29). The number of halogens is 3. The van der Waals surface area contributed by atoms with E-state index >= 15 is 0 Å². The lowest BCUT2D eigenvalue weighted by Crippen LogP contribution is -2.29. The van der Waals surface area contributed by atoms with Crippen LogP contribution in [0.25, 0.3) is 10.9 Å². The number of amides is 1. The molecule has 0 fully saturated rings. The van der Waals surface area contributed by atoms with Gasteiger partial charge in [-0.15, -0.1) is 0 Å². The number of nitrogens with zero attached hydrogens (tertiary/aromatic N) is 3. The summed E-state index contributed by atoms with van der Waals surface area (Å²) in [5.41, 5.74) is 5.62. The first-order chi connectivity index (χ1) is 14.5. The van der Waals surface area contributed by atoms with E-state index in [0.29, 0.717) is 32.5 Å². The first-order valence-electron chi connectivity index (χ1n) is 9.14. The van der Waals surface area contributed by atoms with Crippen molar-refractivity contribution in [2.75, 3.05) is 6.61 Å². The molecule has 10 heteroatoms. The topological polar surface area (TPSA) is 99.6 Å². The molecule has 162 valence electrons. The monoisotopic (exact) mass is 568 g/mol. The second kappa shape index (κ2) is 9.10. The van der Waals surface area contributed by atoms with Crippen LogP contribution in [0.4, 0.5) is 0 Å². The summed E-state index contributed by atoms with van der Waals surface area (Å²) < 4.78 is 7.92. The lowest BCUT2D eigenvalue weighted by molar-refractivity contribution is -0.119. The Morgan fingerprint density at radius 1 is 1.29 bits per heavy atom. The number of carbonyl (C=O) groups is 1. The van der Waals surface area contributed by atoms with Crippen LogP contribution in [0.2, 0.25) is 5.02 Å². The summed E-state index contributed by atoms with van der Waals surface area (Å²) in [4.78, 5) is 28.8. The molecule has 0 aliphatic carbocycles. The molecule has 0 atom stereocenters. The minimum atomic E-state index is -0.613. The fraction of sp³-hybridized carbons (Fsp3) is 0.238. The summed E-state index contributed by atoms with van der Waals surface area (Å²) in [6.07, 6.45) is 1.51. The maximum absolute atomic E-state index is 13.2. The molecule has 1 aromatic heterocycles. The highest BCUT2D eigenvalue weighted by Gasteiger charge is 2.23. The van der Waals surface area contributed by atoms with E-state index in [4.69, 9.17) is 22.1 Å². The highest BCUT2D eigenvalue weighted by atomic mass is 79.9. The van der Waals surface area contributed by atoms with Crippen LogP contribution in [0.1, 0.15) is 32.2 Å². The van der Waals surface area contributed by atoms with Crippen molar-refractivity contribution in [1.82, 2.24) is 9.66 Å². The van der Waals surface area contributed by atoms with Crippen LogP contribution in [0.3, 0.4) is 0 Å². The van der Waals surface area contributed by atoms with Gasteiger partial charge in [-0.05, 0) is 51.8 Å². The first-order valence-corrected chi connectivity index (χ1v) is 11.1. The molecule has 0 spiro atoms. The molecular formula is C21H19Br2ClN4O3. The smallest absolute Gasteiger partial charge is 0.282 e. The molecule has 2 N–H and O–H groups in total. The molecule has 0 unspecified atom stereocenters. The third-order valence-electron chi connectivity index (χ3n) is 4.18. The number of benzene rings is 2. The Hall–Kier alpha value is -2.23. The quantitative estimate of drug-likeness (QED) is 0.453. The van der Waals surface area contributed by atoms with Gasteiger partial charge in [-0.2, -0.15) is 9.78 Å². The number of fused-ring (bicyclic) bond motifs is 1. The van der Waals surface area contributed by atoms with E-state index in [-0.39, 0.29) is 17.2 Å². The Morgan fingerprint density at radius 2 is 2.00 bits per heavy atom. The van der Waals surface area contributed by atoms with Gasteiger partial charge in [0.2, 0.25) is 0 Å². The molecule has 0 aliphatic heterocycles. The van der Waals surface area contributed by atoms with E-state index in [2.05, 4.69) is 41.9 Å². The Morgan fingerprint density at radius 3 is 2.61 bits per heavy atom. The summed E-state index contributed by atoms with van der Waals surface area (Å²) >= 11 is 13.0. The number of hydrogen-bond acceptors (Lipinski definition) is 5. The molecular weight excluding hydrogens is 552 g/mol. The van der Waals surface area contributed by atoms with Gasteiger partial charge in [0, 0.05) is 9.89 Å². The maximum Gasteiger partial charge on any atom is 0.282 e. The second-order valence-electron chi connectivity index (χ2n) is 7.78. The van der Waals surface area contributed by atoms with Gasteiger partial charge in [0.1, 0.15) is 5.82 Å². The summed E-state index contributed by atoms with van der Waals surface area (Å²) in [6, 6.07) is 8.68. The van der Waals surface area contributed by atoms with Crippen LogP contribution >= 0.6 is 43.5 Å². The molecule has 0 saturated carbocycles. The Bertz CT molecular complexity index is 1240. The van der Waals surface area contributed by atoms with Gasteiger partial charge >= 0.3 is 0 Å². The van der Waals surface area contributed by atoms with Crippen LogP contribution in [0.5, 0.6) is 5.75 Å². The van der Waals surface area contributed by atoms with Crippen molar-refractivity contribution in [3.05, 3.63) is 66.0 Å². The highest BCUT2D eigenvalue weighted by molar-refractivity contribution is 9.10. The molecule has 0 bridgehead atoms. The van der Waals surface area contributed by atoms with Crippen molar-refractivity contribution in [3.63, 3.8) is 0 Å². The van der Waals surface area contributed by atoms with Gasteiger partial charge < -0.3 is 10.5 Å². The van der Waals surface area contributed by atoms with E-state index in [1.807, 2.05) is 26.8 Å². The van der Waals surface area contributed by atoms with Crippen molar-refractivity contribution in [3.8, 4) is 5.75 Å². The summed E-state index contributed by atoms with van der Waals surface area (Å²) in [7, 11) is 0. The van der Waals surface area contributed by atoms with Crippen LogP contribution in [0, 0.1) is 0 Å². The van der Waals surface area contributed by atoms with E-state index in [1.165, 1.54) is 10.9 Å². The fourth-order valence-corrected chi connectivity index (χ4v) is 4.15. The van der Waals surface area contributed by atoms with Crippen LogP contribution in [0.15, 0.2) is 49.2 Å². The number of hydrogen-bond donors (Lipinski definition) is 1. The third-order valence-corrected chi connectivity index (χ3v) is 5.54. The van der Waals surface area contributed by atoms with Gasteiger partial charge in [-0.3, -0.25) is 9.59 Å². The van der Waals surface area contributed by atoms with E-state index in [0.717, 1.165) is 4.47 Å². The molecule has 7 nitrogen and oxygen atoms in total. The van der Waals surface area contributed by atoms with Gasteiger partial charge in [0.05, 0.1) is 26.6 Å². The Labute approximate surface area is 200 Å². The Kier molecular flexibility index (Phi) is 6.88. The number of aromatic nitrogens is 2. The number of primary amides is 1. The van der Waals surface area contributed by atoms with Crippen molar-refractivity contribution < 1.29 is 9.53 Å². The molecule has 0 saturated heterocycles. The van der Waals surface area contributed by atoms with E-state index in [9.17, 15) is 9.59 Å². The molecule has 3 aromatic rings. The fourth-order valence-electron chi connectivity index (χ4n) is 2.80. The third kappa shape index (κ3) is 5.34. The zero-order valence-electron chi connectivity index (χ0n) is 16.9. The zero-order chi connectivity index (χ0) is 22.9. The van der Waals surface area contributed by atoms with Crippen LogP contribution in [-0.4, -0.2) is 28.4 Å². The van der Waals surface area contributed by atoms with Crippen molar-refractivity contribution in [1.29, 1.82) is 0 Å². The van der Waals surface area contributed by atoms with Crippen LogP contribution < -0.4 is 16.0 Å². The number of ether oxygens (including phenoxy) is 1. The normalized spacial score (nSPS) is 11.9. The van der Waals surface area contributed by atoms with Gasteiger partial charge in [-0.1, -0.05) is 48.3 Å². The Balaban J connectivity index is 2.09. The minimum Gasteiger partial charge on any atom is -0.481 e. The molecule has 2 aromatic carbocycles. The number of carbonyl (C=O) groups excluding carboxylic acids is 1. The molecule has 1 amide bonds. The second-order valence-corrected chi connectivity index (χ2v) is 9.95. The van der Waals surface area contributed by atoms with Crippen molar-refractivity contribution in [2.45, 2.75) is 26.2 Å². The van der Waals surface area contributed by atoms with E-state index in [1.54, 1.807) is 24.3 Å². The molecule has 3 rings (SSSR count). The summed E-state index contributed by atoms with van der Waals surface area (Å²) in [5, 5.41) is 5.13. The lowest BCUT2D eigenvalue weighted by atomic mass is 9.95. The summed E-state index contributed by atoms with van der Waals surface area (Å²) in [5.74, 6) is 0.204.